The molecule has 0 aliphatic rings. The van der Waals surface area contributed by atoms with Gasteiger partial charge in [0, 0.05) is 17.1 Å². The number of nitrogens with zero attached hydrogens (tertiary/aromatic N) is 1. The van der Waals surface area contributed by atoms with E-state index in [-0.39, 0.29) is 11.7 Å². The summed E-state index contributed by atoms with van der Waals surface area (Å²) in [6.07, 6.45) is 5.77. The molecule has 0 spiro atoms. The first-order chi connectivity index (χ1) is 13.7. The topological polar surface area (TPSA) is 42.0 Å². The second-order valence-corrected chi connectivity index (χ2v) is 6.31. The van der Waals surface area contributed by atoms with Crippen molar-refractivity contribution in [1.29, 1.82) is 0 Å². The molecule has 4 heteroatoms. The van der Waals surface area contributed by atoms with Gasteiger partial charge in [0.2, 0.25) is 0 Å². The average Bonchev–Trinajstić information content (AvgIpc) is 2.74. The van der Waals surface area contributed by atoms with Crippen LogP contribution in [0.2, 0.25) is 0 Å². The molecular weight excluding hydrogens is 351 g/mol. The van der Waals surface area contributed by atoms with Crippen LogP contribution in [0, 0.1) is 5.82 Å². The fourth-order valence-electron chi connectivity index (χ4n) is 2.99. The van der Waals surface area contributed by atoms with Gasteiger partial charge in [-0.25, -0.2) is 4.39 Å². The van der Waals surface area contributed by atoms with Gasteiger partial charge in [-0.15, -0.1) is 0 Å². The van der Waals surface area contributed by atoms with Crippen LogP contribution in [-0.4, -0.2) is 10.9 Å². The maximum Gasteiger partial charge on any atom is 0.255 e. The molecule has 3 aromatic carbocycles. The van der Waals surface area contributed by atoms with Crippen LogP contribution in [-0.2, 0) is 0 Å². The fourth-order valence-corrected chi connectivity index (χ4v) is 2.99. The number of hydrogen-bond acceptors (Lipinski definition) is 2. The molecule has 136 valence electrons. The maximum absolute atomic E-state index is 13.1. The molecule has 4 rings (SSSR count). The quantitative estimate of drug-likeness (QED) is 0.463. The summed E-state index contributed by atoms with van der Waals surface area (Å²) in [7, 11) is 0. The van der Waals surface area contributed by atoms with Crippen LogP contribution in [0.3, 0.4) is 0 Å². The molecule has 3 nitrogen and oxygen atoms in total. The van der Waals surface area contributed by atoms with Crippen LogP contribution in [0.1, 0.15) is 21.5 Å². The van der Waals surface area contributed by atoms with E-state index in [1.54, 1.807) is 6.20 Å². The van der Waals surface area contributed by atoms with Gasteiger partial charge in [-0.1, -0.05) is 54.6 Å². The van der Waals surface area contributed by atoms with E-state index in [2.05, 4.69) is 10.3 Å². The van der Waals surface area contributed by atoms with Crippen molar-refractivity contribution in [2.45, 2.75) is 0 Å². The molecule has 0 radical (unpaired) electrons. The van der Waals surface area contributed by atoms with Gasteiger partial charge in [0.15, 0.2) is 0 Å². The lowest BCUT2D eigenvalue weighted by atomic mass is 10.0. The van der Waals surface area contributed by atoms with Crippen molar-refractivity contribution in [1.82, 2.24) is 4.98 Å². The number of rotatable bonds is 4. The van der Waals surface area contributed by atoms with Crippen LogP contribution in [0.15, 0.2) is 85.1 Å². The molecule has 0 atom stereocenters. The monoisotopic (exact) mass is 368 g/mol. The summed E-state index contributed by atoms with van der Waals surface area (Å²) >= 11 is 0. The van der Waals surface area contributed by atoms with Crippen LogP contribution < -0.4 is 5.32 Å². The number of benzene rings is 3. The molecule has 0 bridgehead atoms. The molecule has 28 heavy (non-hydrogen) atoms. The minimum atomic E-state index is -0.377. The SMILES string of the molecule is O=C(Nc1ccc(C=Cc2ccccc2)c2cccnc12)c1ccc(F)cc1. The third kappa shape index (κ3) is 3.81. The van der Waals surface area contributed by atoms with Crippen molar-refractivity contribution in [3.63, 3.8) is 0 Å². The van der Waals surface area contributed by atoms with Crippen molar-refractivity contribution in [3.05, 3.63) is 108 Å². The Bertz CT molecular complexity index is 1150. The lowest BCUT2D eigenvalue weighted by molar-refractivity contribution is 0.102. The second-order valence-electron chi connectivity index (χ2n) is 6.31. The van der Waals surface area contributed by atoms with Crippen molar-refractivity contribution in [3.8, 4) is 0 Å². The molecule has 4 aromatic rings. The van der Waals surface area contributed by atoms with Crippen molar-refractivity contribution < 1.29 is 9.18 Å². The number of fused-ring (bicyclic) bond motifs is 1. The van der Waals surface area contributed by atoms with Gasteiger partial charge >= 0.3 is 0 Å². The van der Waals surface area contributed by atoms with E-state index in [1.807, 2.05) is 66.7 Å². The molecule has 0 aliphatic carbocycles. The second kappa shape index (κ2) is 7.84. The van der Waals surface area contributed by atoms with Crippen molar-refractivity contribution in [2.24, 2.45) is 0 Å². The number of amides is 1. The number of carbonyl (C=O) groups is 1. The first-order valence-corrected chi connectivity index (χ1v) is 8.88. The van der Waals surface area contributed by atoms with Crippen molar-refractivity contribution in [2.75, 3.05) is 5.32 Å². The smallest absolute Gasteiger partial charge is 0.255 e. The highest BCUT2D eigenvalue weighted by Gasteiger charge is 2.10. The molecule has 1 N–H and O–H groups in total. The molecular formula is C24H17FN2O. The highest BCUT2D eigenvalue weighted by molar-refractivity contribution is 6.09. The van der Waals surface area contributed by atoms with Crippen LogP contribution in [0.5, 0.6) is 0 Å². The van der Waals surface area contributed by atoms with E-state index in [0.717, 1.165) is 16.5 Å². The molecule has 0 fully saturated rings. The van der Waals surface area contributed by atoms with Crippen LogP contribution >= 0.6 is 0 Å². The number of halogens is 1. The Morgan fingerprint density at radius 1 is 0.857 bits per heavy atom. The van der Waals surface area contributed by atoms with E-state index < -0.39 is 0 Å². The first kappa shape index (κ1) is 17.6. The zero-order valence-electron chi connectivity index (χ0n) is 15.0. The van der Waals surface area contributed by atoms with Gasteiger partial charge in [-0.05, 0) is 47.5 Å². The number of pyridine rings is 1. The summed E-state index contributed by atoms with van der Waals surface area (Å²) in [5, 5.41) is 3.81. The molecule has 1 heterocycles. The number of nitrogens with one attached hydrogen (secondary N) is 1. The standard InChI is InChI=1S/C24H17FN2O/c25-20-13-10-19(11-14-20)24(28)27-22-15-12-18(21-7-4-16-26-23(21)22)9-8-17-5-2-1-3-6-17/h1-16H,(H,27,28). The lowest BCUT2D eigenvalue weighted by Gasteiger charge is -2.10. The third-order valence-electron chi connectivity index (χ3n) is 4.41. The number of anilines is 1. The fraction of sp³-hybridized carbons (Fsp3) is 0. The largest absolute Gasteiger partial charge is 0.320 e. The summed E-state index contributed by atoms with van der Waals surface area (Å²) in [5.74, 6) is -0.683. The van der Waals surface area contributed by atoms with Gasteiger partial charge in [0.05, 0.1) is 11.2 Å². The van der Waals surface area contributed by atoms with Gasteiger partial charge in [0.25, 0.3) is 5.91 Å². The van der Waals surface area contributed by atoms with Crippen molar-refractivity contribution >= 4 is 34.6 Å². The summed E-state index contributed by atoms with van der Waals surface area (Å²) in [4.78, 5) is 16.9. The maximum atomic E-state index is 13.1. The lowest BCUT2D eigenvalue weighted by Crippen LogP contribution is -2.12. The van der Waals surface area contributed by atoms with E-state index in [9.17, 15) is 9.18 Å². The number of aromatic nitrogens is 1. The average molecular weight is 368 g/mol. The Kier molecular flexibility index (Phi) is 4.93. The Morgan fingerprint density at radius 2 is 1.64 bits per heavy atom. The van der Waals surface area contributed by atoms with E-state index >= 15 is 0 Å². The molecule has 0 unspecified atom stereocenters. The number of hydrogen-bond donors (Lipinski definition) is 1. The molecule has 1 amide bonds. The van der Waals surface area contributed by atoms with Crippen LogP contribution in [0.4, 0.5) is 10.1 Å². The Labute approximate surface area is 162 Å². The Balaban J connectivity index is 1.66. The first-order valence-electron chi connectivity index (χ1n) is 8.88. The van der Waals surface area contributed by atoms with Crippen LogP contribution in [0.25, 0.3) is 23.1 Å². The predicted molar refractivity (Wildman–Crippen MR) is 111 cm³/mol. The Morgan fingerprint density at radius 3 is 2.43 bits per heavy atom. The third-order valence-corrected chi connectivity index (χ3v) is 4.41. The van der Waals surface area contributed by atoms with E-state index in [1.165, 1.54) is 24.3 Å². The summed E-state index contributed by atoms with van der Waals surface area (Å²) in [6, 6.07) is 23.1. The highest BCUT2D eigenvalue weighted by Crippen LogP contribution is 2.26. The Hall–Kier alpha value is -3.79. The van der Waals surface area contributed by atoms with E-state index in [4.69, 9.17) is 0 Å². The van der Waals surface area contributed by atoms with Gasteiger partial charge in [-0.2, -0.15) is 0 Å². The van der Waals surface area contributed by atoms with Gasteiger partial charge in [0.1, 0.15) is 5.82 Å². The zero-order valence-corrected chi connectivity index (χ0v) is 15.0. The molecule has 1 aromatic heterocycles. The van der Waals surface area contributed by atoms with Gasteiger partial charge < -0.3 is 5.32 Å². The highest BCUT2D eigenvalue weighted by atomic mass is 19.1. The zero-order chi connectivity index (χ0) is 19.3. The molecule has 0 saturated carbocycles. The summed E-state index contributed by atoms with van der Waals surface area (Å²) < 4.78 is 13.1. The summed E-state index contributed by atoms with van der Waals surface area (Å²) in [6.45, 7) is 0. The molecule has 0 saturated heterocycles. The molecule has 0 aliphatic heterocycles. The predicted octanol–water partition coefficient (Wildman–Crippen LogP) is 5.80. The van der Waals surface area contributed by atoms with Gasteiger partial charge in [-0.3, -0.25) is 9.78 Å². The normalized spacial score (nSPS) is 11.0. The minimum Gasteiger partial charge on any atom is -0.320 e. The van der Waals surface area contributed by atoms with E-state index in [0.29, 0.717) is 16.8 Å². The summed E-state index contributed by atoms with van der Waals surface area (Å²) in [5.41, 5.74) is 3.81. The number of carbonyl (C=O) groups excluding carboxylic acids is 1. The minimum absolute atomic E-state index is 0.306.